The molecule has 1 saturated heterocycles. The van der Waals surface area contributed by atoms with Gasteiger partial charge in [0.2, 0.25) is 21.8 Å². The van der Waals surface area contributed by atoms with E-state index >= 15 is 0 Å². The van der Waals surface area contributed by atoms with Crippen molar-refractivity contribution >= 4 is 27.5 Å². The Hall–Kier alpha value is -1.97. The van der Waals surface area contributed by atoms with Crippen LogP contribution in [0.25, 0.3) is 0 Å². The van der Waals surface area contributed by atoms with Gasteiger partial charge >= 0.3 is 0 Å². The third-order valence-corrected chi connectivity index (χ3v) is 6.58. The zero-order valence-electron chi connectivity index (χ0n) is 16.6. The number of hydrogen-bond acceptors (Lipinski definition) is 5. The molecule has 0 saturated carbocycles. The van der Waals surface area contributed by atoms with E-state index in [0.717, 1.165) is 13.0 Å². The van der Waals surface area contributed by atoms with E-state index in [0.29, 0.717) is 38.4 Å². The molecule has 9 heteroatoms. The predicted octanol–water partition coefficient (Wildman–Crippen LogP) is 1.26. The Balaban J connectivity index is 1.95. The highest BCUT2D eigenvalue weighted by Crippen LogP contribution is 2.21. The molecule has 0 radical (unpaired) electrons. The topological polar surface area (TPSA) is 98.8 Å². The average Bonchev–Trinajstić information content (AvgIpc) is 2.71. The third kappa shape index (κ3) is 6.29. The van der Waals surface area contributed by atoms with Gasteiger partial charge in [0.25, 0.3) is 0 Å². The molecular formula is C19H30N4O4S. The summed E-state index contributed by atoms with van der Waals surface area (Å²) in [6, 6.07) is 6.26. The SMILES string of the molecule is CCCNC(=O)CCC(=O)Nc1cccc(S(=O)(=O)N2CCN(CC)CC2)c1. The van der Waals surface area contributed by atoms with Crippen molar-refractivity contribution in [3.05, 3.63) is 24.3 Å². The first-order valence-electron chi connectivity index (χ1n) is 9.76. The van der Waals surface area contributed by atoms with Gasteiger partial charge in [-0.2, -0.15) is 4.31 Å². The molecule has 2 rings (SSSR count). The molecule has 0 aromatic heterocycles. The van der Waals surface area contributed by atoms with Crippen molar-refractivity contribution < 1.29 is 18.0 Å². The lowest BCUT2D eigenvalue weighted by molar-refractivity contribution is -0.124. The third-order valence-electron chi connectivity index (χ3n) is 4.69. The molecule has 1 aromatic rings. The van der Waals surface area contributed by atoms with Crippen molar-refractivity contribution in [2.75, 3.05) is 44.6 Å². The van der Waals surface area contributed by atoms with Gasteiger partial charge in [0.1, 0.15) is 0 Å². The Bertz CT molecular complexity index is 774. The molecule has 0 spiro atoms. The molecule has 1 aromatic carbocycles. The van der Waals surface area contributed by atoms with E-state index in [1.54, 1.807) is 12.1 Å². The molecule has 1 aliphatic rings. The molecule has 156 valence electrons. The van der Waals surface area contributed by atoms with Crippen molar-refractivity contribution in [1.29, 1.82) is 0 Å². The zero-order valence-corrected chi connectivity index (χ0v) is 17.4. The van der Waals surface area contributed by atoms with Crippen molar-refractivity contribution in [1.82, 2.24) is 14.5 Å². The van der Waals surface area contributed by atoms with E-state index in [-0.39, 0.29) is 29.6 Å². The second kappa shape index (κ2) is 10.5. The largest absolute Gasteiger partial charge is 0.356 e. The summed E-state index contributed by atoms with van der Waals surface area (Å²) in [6.07, 6.45) is 0.990. The van der Waals surface area contributed by atoms with Gasteiger partial charge in [0.15, 0.2) is 0 Å². The molecule has 28 heavy (non-hydrogen) atoms. The molecule has 2 N–H and O–H groups in total. The van der Waals surface area contributed by atoms with Crippen LogP contribution in [0.4, 0.5) is 5.69 Å². The van der Waals surface area contributed by atoms with Gasteiger partial charge in [-0.3, -0.25) is 9.59 Å². The Morgan fingerprint density at radius 2 is 1.71 bits per heavy atom. The quantitative estimate of drug-likeness (QED) is 0.639. The standard InChI is InChI=1S/C19H30N4O4S/c1-3-10-20-18(24)8-9-19(25)21-16-6-5-7-17(15-16)28(26,27)23-13-11-22(4-2)12-14-23/h5-7,15H,3-4,8-14H2,1-2H3,(H,20,24)(H,21,25). The van der Waals surface area contributed by atoms with Gasteiger partial charge < -0.3 is 15.5 Å². The first kappa shape index (κ1) is 22.3. The van der Waals surface area contributed by atoms with Gasteiger partial charge in [0.05, 0.1) is 4.90 Å². The van der Waals surface area contributed by atoms with Crippen LogP contribution in [0.1, 0.15) is 33.1 Å². The number of benzene rings is 1. The van der Waals surface area contributed by atoms with Gasteiger partial charge in [-0.1, -0.05) is 19.9 Å². The summed E-state index contributed by atoms with van der Waals surface area (Å²) in [4.78, 5) is 26.0. The van der Waals surface area contributed by atoms with E-state index in [9.17, 15) is 18.0 Å². The lowest BCUT2D eigenvalue weighted by atomic mass is 10.2. The maximum atomic E-state index is 12.9. The number of carbonyl (C=O) groups is 2. The molecule has 0 bridgehead atoms. The minimum absolute atomic E-state index is 0.0471. The summed E-state index contributed by atoms with van der Waals surface area (Å²) in [7, 11) is -3.60. The highest BCUT2D eigenvalue weighted by Gasteiger charge is 2.28. The maximum Gasteiger partial charge on any atom is 0.243 e. The summed E-state index contributed by atoms with van der Waals surface area (Å²) >= 11 is 0. The highest BCUT2D eigenvalue weighted by atomic mass is 32.2. The number of anilines is 1. The fourth-order valence-corrected chi connectivity index (χ4v) is 4.44. The Kier molecular flexibility index (Phi) is 8.40. The van der Waals surface area contributed by atoms with E-state index in [2.05, 4.69) is 22.5 Å². The molecule has 8 nitrogen and oxygen atoms in total. The van der Waals surface area contributed by atoms with Crippen LogP contribution in [0.15, 0.2) is 29.2 Å². The first-order chi connectivity index (χ1) is 13.4. The second-order valence-electron chi connectivity index (χ2n) is 6.76. The number of piperazine rings is 1. The van der Waals surface area contributed by atoms with Gasteiger partial charge in [-0.25, -0.2) is 8.42 Å². The van der Waals surface area contributed by atoms with Crippen LogP contribution in [-0.4, -0.2) is 68.7 Å². The summed E-state index contributed by atoms with van der Waals surface area (Å²) in [5.74, 6) is -0.489. The van der Waals surface area contributed by atoms with Crippen molar-refractivity contribution in [3.8, 4) is 0 Å². The first-order valence-corrected chi connectivity index (χ1v) is 11.2. The molecule has 0 atom stereocenters. The van der Waals surface area contributed by atoms with Crippen LogP contribution in [0, 0.1) is 0 Å². The minimum atomic E-state index is -3.60. The number of rotatable bonds is 9. The fourth-order valence-electron chi connectivity index (χ4n) is 2.97. The number of sulfonamides is 1. The Morgan fingerprint density at radius 3 is 2.36 bits per heavy atom. The average molecular weight is 411 g/mol. The number of hydrogen-bond donors (Lipinski definition) is 2. The Labute approximate surface area is 167 Å². The number of carbonyl (C=O) groups excluding carboxylic acids is 2. The number of amides is 2. The van der Waals surface area contributed by atoms with Gasteiger partial charge in [0, 0.05) is 51.3 Å². The maximum absolute atomic E-state index is 12.9. The summed E-state index contributed by atoms with van der Waals surface area (Å²) in [5.41, 5.74) is 0.409. The minimum Gasteiger partial charge on any atom is -0.356 e. The Morgan fingerprint density at radius 1 is 1.04 bits per heavy atom. The highest BCUT2D eigenvalue weighted by molar-refractivity contribution is 7.89. The van der Waals surface area contributed by atoms with Crippen LogP contribution in [0.5, 0.6) is 0 Å². The van der Waals surface area contributed by atoms with Crippen LogP contribution in [0.2, 0.25) is 0 Å². The van der Waals surface area contributed by atoms with Crippen LogP contribution in [-0.2, 0) is 19.6 Å². The van der Waals surface area contributed by atoms with Gasteiger partial charge in [-0.05, 0) is 31.2 Å². The van der Waals surface area contributed by atoms with E-state index in [1.807, 2.05) is 6.92 Å². The van der Waals surface area contributed by atoms with Crippen LogP contribution in [0.3, 0.4) is 0 Å². The van der Waals surface area contributed by atoms with Crippen LogP contribution < -0.4 is 10.6 Å². The molecule has 2 amide bonds. The lowest BCUT2D eigenvalue weighted by Gasteiger charge is -2.33. The molecule has 1 fully saturated rings. The smallest absolute Gasteiger partial charge is 0.243 e. The van der Waals surface area contributed by atoms with Crippen molar-refractivity contribution in [3.63, 3.8) is 0 Å². The van der Waals surface area contributed by atoms with Crippen molar-refractivity contribution in [2.24, 2.45) is 0 Å². The summed E-state index contributed by atoms with van der Waals surface area (Å²) in [6.45, 7) is 7.86. The van der Waals surface area contributed by atoms with E-state index in [4.69, 9.17) is 0 Å². The number of nitrogens with one attached hydrogen (secondary N) is 2. The van der Waals surface area contributed by atoms with Crippen LogP contribution >= 0.6 is 0 Å². The molecule has 0 aliphatic carbocycles. The lowest BCUT2D eigenvalue weighted by Crippen LogP contribution is -2.48. The van der Waals surface area contributed by atoms with Crippen molar-refractivity contribution in [2.45, 2.75) is 38.0 Å². The van der Waals surface area contributed by atoms with E-state index in [1.165, 1.54) is 16.4 Å². The summed E-state index contributed by atoms with van der Waals surface area (Å²) < 4.78 is 27.2. The fraction of sp³-hybridized carbons (Fsp3) is 0.579. The molecular weight excluding hydrogens is 380 g/mol. The monoisotopic (exact) mass is 410 g/mol. The second-order valence-corrected chi connectivity index (χ2v) is 8.70. The molecule has 1 aliphatic heterocycles. The van der Waals surface area contributed by atoms with E-state index < -0.39 is 10.0 Å². The molecule has 0 unspecified atom stereocenters. The van der Waals surface area contributed by atoms with Gasteiger partial charge in [-0.15, -0.1) is 0 Å². The zero-order chi connectivity index (χ0) is 20.6. The predicted molar refractivity (Wildman–Crippen MR) is 108 cm³/mol. The number of nitrogens with zero attached hydrogens (tertiary/aromatic N) is 2. The number of likely N-dealkylation sites (N-methyl/N-ethyl adjacent to an activating group) is 1. The molecule has 1 heterocycles. The normalized spacial score (nSPS) is 15.9. The summed E-state index contributed by atoms with van der Waals surface area (Å²) in [5, 5.41) is 5.39.